The Morgan fingerprint density at radius 1 is 0.615 bits per heavy atom. The summed E-state index contributed by atoms with van der Waals surface area (Å²) in [5.41, 5.74) is 10.7. The van der Waals surface area contributed by atoms with Crippen molar-refractivity contribution in [2.45, 2.75) is 53.4 Å². The molecule has 0 saturated carbocycles. The summed E-state index contributed by atoms with van der Waals surface area (Å²) in [6.45, 7) is 13.5. The molecule has 8 rings (SSSR count). The van der Waals surface area contributed by atoms with Crippen molar-refractivity contribution in [1.82, 2.24) is 9.97 Å². The molecule has 0 N–H and O–H groups in total. The molecule has 5 heteroatoms. The molecule has 0 amide bonds. The van der Waals surface area contributed by atoms with Crippen molar-refractivity contribution < 1.29 is 25.5 Å². The van der Waals surface area contributed by atoms with Crippen LogP contribution in [0.3, 0.4) is 0 Å². The number of nitrogens with zero attached hydrogens (tertiary/aromatic N) is 3. The molecule has 0 bridgehead atoms. The quantitative estimate of drug-likeness (QED) is 0.156. The number of rotatable bonds is 6. The predicted molar refractivity (Wildman–Crippen MR) is 212 cm³/mol. The normalized spacial score (nSPS) is 12.0. The van der Waals surface area contributed by atoms with E-state index in [2.05, 4.69) is 162 Å². The number of furan rings is 1. The topological polar surface area (TPSA) is 42.2 Å². The number of fused-ring (bicyclic) bond motifs is 5. The van der Waals surface area contributed by atoms with E-state index in [1.165, 1.54) is 16.5 Å². The van der Waals surface area contributed by atoms with Crippen LogP contribution in [0.25, 0.3) is 55.2 Å². The summed E-state index contributed by atoms with van der Waals surface area (Å²) in [4.78, 5) is 11.8. The zero-order valence-corrected chi connectivity index (χ0v) is 32.7. The minimum atomic E-state index is 0. The Bertz CT molecular complexity index is 2540. The van der Waals surface area contributed by atoms with E-state index in [0.29, 0.717) is 0 Å². The van der Waals surface area contributed by atoms with Crippen LogP contribution in [0.15, 0.2) is 132 Å². The van der Waals surface area contributed by atoms with Gasteiger partial charge in [0.1, 0.15) is 11.2 Å². The number of hydrogen-bond acceptors (Lipinski definition) is 4. The Kier molecular flexibility index (Phi) is 9.40. The molecule has 0 aliphatic carbocycles. The Morgan fingerprint density at radius 3 is 2.02 bits per heavy atom. The molecule has 3 aromatic heterocycles. The molecule has 4 nitrogen and oxygen atoms in total. The molecule has 0 spiro atoms. The van der Waals surface area contributed by atoms with Crippen molar-refractivity contribution in [2.75, 3.05) is 4.90 Å². The summed E-state index contributed by atoms with van der Waals surface area (Å²) < 4.78 is 6.75. The Hall–Kier alpha value is -5.05. The molecule has 0 aliphatic rings. The van der Waals surface area contributed by atoms with Gasteiger partial charge in [-0.05, 0) is 81.2 Å². The predicted octanol–water partition coefficient (Wildman–Crippen LogP) is 12.8. The van der Waals surface area contributed by atoms with E-state index in [1.54, 1.807) is 0 Å². The first-order chi connectivity index (χ1) is 24.5. The van der Waals surface area contributed by atoms with Gasteiger partial charge in [-0.25, -0.2) is 0 Å². The Labute approximate surface area is 320 Å². The first-order valence-electron chi connectivity index (χ1n) is 17.6. The fourth-order valence-electron chi connectivity index (χ4n) is 6.94. The standard InChI is InChI=1S/C47H41N3O.Pt/c1-46(2,3)30-31-18-20-39-32(26-31)19-21-40-41-23-25-49-43(45(41)51-44(39)40)34-13-11-17-38(28-34)50(36-14-8-7-9-15-36)37-16-10-12-33(27-37)42-29-35(22-24-48-42)47(4,5)6;/h7-26,29H,30H2,1-6H3;/q-2;+2. The van der Waals surface area contributed by atoms with Crippen LogP contribution < -0.4 is 4.90 Å². The molecule has 0 fully saturated rings. The van der Waals surface area contributed by atoms with Gasteiger partial charge in [0, 0.05) is 39.9 Å². The SMILES string of the molecule is CC(C)(C)Cc1ccc2c(ccc3c4ccnc(-c5[c-]c(N(c6[c-]c(-c7cc(C(C)(C)C)ccn7)ccc6)c6ccccc6)ccc5)c4oc23)c1.[Pt+2]. The molecule has 3 heterocycles. The zero-order valence-electron chi connectivity index (χ0n) is 30.4. The minimum Gasteiger partial charge on any atom is -0.463 e. The average molecular weight is 859 g/mol. The number of pyridine rings is 2. The summed E-state index contributed by atoms with van der Waals surface area (Å²) >= 11 is 0. The summed E-state index contributed by atoms with van der Waals surface area (Å²) in [7, 11) is 0. The minimum absolute atomic E-state index is 0. The molecule has 52 heavy (non-hydrogen) atoms. The first-order valence-corrected chi connectivity index (χ1v) is 17.6. The summed E-state index contributed by atoms with van der Waals surface area (Å²) in [5.74, 6) is 0. The second-order valence-corrected chi connectivity index (χ2v) is 15.6. The van der Waals surface area contributed by atoms with Gasteiger partial charge >= 0.3 is 21.1 Å². The molecule has 0 radical (unpaired) electrons. The fraction of sp³-hybridized carbons (Fsp3) is 0.191. The van der Waals surface area contributed by atoms with Gasteiger partial charge in [-0.3, -0.25) is 0 Å². The Balaban J connectivity index is 0.00000420. The zero-order chi connectivity index (χ0) is 35.3. The van der Waals surface area contributed by atoms with Crippen LogP contribution in [0.4, 0.5) is 17.1 Å². The maximum Gasteiger partial charge on any atom is 2.00 e. The third-order valence-electron chi connectivity index (χ3n) is 9.38. The van der Waals surface area contributed by atoms with Crippen molar-refractivity contribution in [1.29, 1.82) is 0 Å². The van der Waals surface area contributed by atoms with Crippen LogP contribution in [-0.4, -0.2) is 9.97 Å². The molecule has 0 atom stereocenters. The third-order valence-corrected chi connectivity index (χ3v) is 9.38. The second-order valence-electron chi connectivity index (χ2n) is 15.6. The molecule has 5 aromatic carbocycles. The third kappa shape index (κ3) is 6.93. The van der Waals surface area contributed by atoms with Crippen molar-refractivity contribution >= 4 is 49.8 Å². The van der Waals surface area contributed by atoms with Gasteiger partial charge in [-0.1, -0.05) is 90.1 Å². The number of aromatic nitrogens is 2. The van der Waals surface area contributed by atoms with Gasteiger partial charge < -0.3 is 19.3 Å². The molecular weight excluding hydrogens is 818 g/mol. The second kappa shape index (κ2) is 13.8. The van der Waals surface area contributed by atoms with Crippen LogP contribution in [0.1, 0.15) is 52.7 Å². The van der Waals surface area contributed by atoms with Crippen LogP contribution in [0.5, 0.6) is 0 Å². The number of hydrogen-bond donors (Lipinski definition) is 0. The van der Waals surface area contributed by atoms with Crippen molar-refractivity contribution in [3.8, 4) is 22.5 Å². The van der Waals surface area contributed by atoms with E-state index in [0.717, 1.165) is 73.3 Å². The van der Waals surface area contributed by atoms with E-state index in [9.17, 15) is 0 Å². The average Bonchev–Trinajstić information content (AvgIpc) is 3.51. The smallest absolute Gasteiger partial charge is 0.463 e. The molecular formula is C47H41N3OPt. The maximum atomic E-state index is 6.75. The molecule has 0 unspecified atom stereocenters. The van der Waals surface area contributed by atoms with Gasteiger partial charge in [-0.15, -0.1) is 59.7 Å². The van der Waals surface area contributed by atoms with E-state index in [-0.39, 0.29) is 31.9 Å². The molecule has 8 aromatic rings. The summed E-state index contributed by atoms with van der Waals surface area (Å²) in [6, 6.07) is 47.6. The largest absolute Gasteiger partial charge is 2.00 e. The van der Waals surface area contributed by atoms with Gasteiger partial charge in [0.2, 0.25) is 0 Å². The van der Waals surface area contributed by atoms with E-state index < -0.39 is 0 Å². The summed E-state index contributed by atoms with van der Waals surface area (Å²) in [5, 5.41) is 4.42. The fourth-order valence-corrected chi connectivity index (χ4v) is 6.94. The van der Waals surface area contributed by atoms with E-state index in [4.69, 9.17) is 14.4 Å². The van der Waals surface area contributed by atoms with E-state index in [1.807, 2.05) is 24.5 Å². The summed E-state index contributed by atoms with van der Waals surface area (Å²) in [6.07, 6.45) is 4.78. The number of benzene rings is 5. The van der Waals surface area contributed by atoms with Crippen molar-refractivity contribution in [3.63, 3.8) is 0 Å². The molecule has 0 saturated heterocycles. The van der Waals surface area contributed by atoms with Crippen LogP contribution in [0, 0.1) is 17.5 Å². The van der Waals surface area contributed by atoms with Gasteiger partial charge in [0.05, 0.1) is 0 Å². The van der Waals surface area contributed by atoms with Crippen molar-refractivity contribution in [3.05, 3.63) is 151 Å². The van der Waals surface area contributed by atoms with Crippen LogP contribution >= 0.6 is 0 Å². The van der Waals surface area contributed by atoms with Crippen molar-refractivity contribution in [2.24, 2.45) is 5.41 Å². The maximum absolute atomic E-state index is 6.75. The first kappa shape index (κ1) is 35.4. The van der Waals surface area contributed by atoms with Gasteiger partial charge in [0.25, 0.3) is 0 Å². The van der Waals surface area contributed by atoms with Crippen LogP contribution in [0.2, 0.25) is 0 Å². The van der Waals surface area contributed by atoms with Gasteiger partial charge in [-0.2, -0.15) is 0 Å². The van der Waals surface area contributed by atoms with Gasteiger partial charge in [0.15, 0.2) is 0 Å². The van der Waals surface area contributed by atoms with E-state index >= 15 is 0 Å². The Morgan fingerprint density at radius 2 is 1.29 bits per heavy atom. The van der Waals surface area contributed by atoms with Crippen LogP contribution in [-0.2, 0) is 32.9 Å². The monoisotopic (exact) mass is 858 g/mol. The number of anilines is 3. The molecule has 260 valence electrons. The number of para-hydroxylation sites is 1. The molecule has 0 aliphatic heterocycles.